The number of halogens is 1. The summed E-state index contributed by atoms with van der Waals surface area (Å²) < 4.78 is 0. The normalized spacial score (nSPS) is 11.0. The monoisotopic (exact) mass is 418 g/mol. The van der Waals surface area contributed by atoms with E-state index >= 15 is 0 Å². The summed E-state index contributed by atoms with van der Waals surface area (Å²) in [5.41, 5.74) is 5.87. The molecule has 0 fully saturated rings. The number of H-pyrrole nitrogens is 1. The van der Waals surface area contributed by atoms with E-state index in [1.54, 1.807) is 0 Å². The molecule has 4 aromatic rings. The largest absolute Gasteiger partial charge is 0.355 e. The van der Waals surface area contributed by atoms with E-state index in [4.69, 9.17) is 16.6 Å². The van der Waals surface area contributed by atoms with Crippen molar-refractivity contribution in [3.05, 3.63) is 77.3 Å². The van der Waals surface area contributed by atoms with Gasteiger partial charge in [0.25, 0.3) is 0 Å². The Kier molecular flexibility index (Phi) is 6.12. The second-order valence-corrected chi connectivity index (χ2v) is 7.51. The molecule has 6 heteroatoms. The number of rotatable bonds is 7. The van der Waals surface area contributed by atoms with Gasteiger partial charge in [0.2, 0.25) is 5.91 Å². The predicted molar refractivity (Wildman–Crippen MR) is 122 cm³/mol. The Morgan fingerprint density at radius 2 is 1.80 bits per heavy atom. The van der Waals surface area contributed by atoms with E-state index in [2.05, 4.69) is 27.8 Å². The Morgan fingerprint density at radius 3 is 2.60 bits per heavy atom. The SMILES string of the molecule is CC(=O)NCCNCc1cccc(-c2nc3c(Cl)c(-c4ccccc4)ccc3[nH]2)c1. The molecule has 5 nitrogen and oxygen atoms in total. The van der Waals surface area contributed by atoms with E-state index in [1.807, 2.05) is 54.6 Å². The molecule has 0 unspecified atom stereocenters. The zero-order chi connectivity index (χ0) is 20.9. The van der Waals surface area contributed by atoms with E-state index in [1.165, 1.54) is 6.92 Å². The molecule has 0 spiro atoms. The fourth-order valence-electron chi connectivity index (χ4n) is 3.41. The maximum absolute atomic E-state index is 10.9. The molecule has 3 aromatic carbocycles. The summed E-state index contributed by atoms with van der Waals surface area (Å²) in [6, 6.07) is 22.4. The van der Waals surface area contributed by atoms with Crippen LogP contribution in [-0.2, 0) is 11.3 Å². The molecule has 3 N–H and O–H groups in total. The minimum absolute atomic E-state index is 0.0160. The first kappa shape index (κ1) is 20.1. The van der Waals surface area contributed by atoms with Crippen molar-refractivity contribution in [2.24, 2.45) is 0 Å². The Morgan fingerprint density at radius 1 is 1.00 bits per heavy atom. The number of hydrogen-bond acceptors (Lipinski definition) is 3. The third-order valence-electron chi connectivity index (χ3n) is 4.88. The predicted octanol–water partition coefficient (Wildman–Crippen LogP) is 4.78. The van der Waals surface area contributed by atoms with Crippen molar-refractivity contribution in [1.82, 2.24) is 20.6 Å². The lowest BCUT2D eigenvalue weighted by molar-refractivity contribution is -0.118. The molecule has 0 atom stereocenters. The van der Waals surface area contributed by atoms with Gasteiger partial charge in [-0.3, -0.25) is 4.79 Å². The zero-order valence-electron chi connectivity index (χ0n) is 16.7. The molecule has 1 amide bonds. The molecule has 1 aromatic heterocycles. The number of benzene rings is 3. The molecule has 0 aliphatic rings. The Hall–Kier alpha value is -3.15. The molecule has 30 heavy (non-hydrogen) atoms. The molecule has 4 rings (SSSR count). The minimum atomic E-state index is -0.0160. The summed E-state index contributed by atoms with van der Waals surface area (Å²) in [6.07, 6.45) is 0. The first-order valence-electron chi connectivity index (χ1n) is 9.90. The average Bonchev–Trinajstić information content (AvgIpc) is 3.20. The first-order chi connectivity index (χ1) is 14.6. The molecular formula is C24H23ClN4O. The van der Waals surface area contributed by atoms with Crippen LogP contribution in [0.2, 0.25) is 5.02 Å². The van der Waals surface area contributed by atoms with Crippen LogP contribution in [0.3, 0.4) is 0 Å². The summed E-state index contributed by atoms with van der Waals surface area (Å²) in [4.78, 5) is 19.1. The van der Waals surface area contributed by atoms with Gasteiger partial charge in [-0.2, -0.15) is 0 Å². The van der Waals surface area contributed by atoms with Crippen LogP contribution in [0.4, 0.5) is 0 Å². The van der Waals surface area contributed by atoms with Crippen molar-refractivity contribution in [1.29, 1.82) is 0 Å². The van der Waals surface area contributed by atoms with Crippen molar-refractivity contribution in [2.75, 3.05) is 13.1 Å². The van der Waals surface area contributed by atoms with Crippen LogP contribution in [0.15, 0.2) is 66.7 Å². The number of hydrogen-bond donors (Lipinski definition) is 3. The molecule has 1 heterocycles. The van der Waals surface area contributed by atoms with Crippen molar-refractivity contribution < 1.29 is 4.79 Å². The zero-order valence-corrected chi connectivity index (χ0v) is 17.5. The van der Waals surface area contributed by atoms with Crippen molar-refractivity contribution in [2.45, 2.75) is 13.5 Å². The van der Waals surface area contributed by atoms with Crippen LogP contribution in [-0.4, -0.2) is 29.0 Å². The quantitative estimate of drug-likeness (QED) is 0.378. The van der Waals surface area contributed by atoms with Crippen LogP contribution >= 0.6 is 11.6 Å². The van der Waals surface area contributed by atoms with Crippen molar-refractivity contribution in [3.63, 3.8) is 0 Å². The van der Waals surface area contributed by atoms with Gasteiger partial charge in [-0.25, -0.2) is 4.98 Å². The molecule has 0 bridgehead atoms. The van der Waals surface area contributed by atoms with Gasteiger partial charge in [-0.05, 0) is 23.3 Å². The highest BCUT2D eigenvalue weighted by Gasteiger charge is 2.13. The van der Waals surface area contributed by atoms with Crippen molar-refractivity contribution in [3.8, 4) is 22.5 Å². The smallest absolute Gasteiger partial charge is 0.216 e. The fraction of sp³-hybridized carbons (Fsp3) is 0.167. The van der Waals surface area contributed by atoms with Gasteiger partial charge in [0, 0.05) is 37.7 Å². The van der Waals surface area contributed by atoms with E-state index < -0.39 is 0 Å². The maximum atomic E-state index is 10.9. The summed E-state index contributed by atoms with van der Waals surface area (Å²) in [5, 5.41) is 6.76. The first-order valence-corrected chi connectivity index (χ1v) is 10.3. The standard InChI is InChI=1S/C24H23ClN4O/c1-16(30)27-13-12-26-15-17-6-5-9-19(14-17)24-28-21-11-10-20(22(25)23(21)29-24)18-7-3-2-4-8-18/h2-11,14,26H,12-13,15H2,1H3,(H,27,30)(H,28,29). The van der Waals surface area contributed by atoms with E-state index in [0.717, 1.165) is 39.1 Å². The van der Waals surface area contributed by atoms with E-state index in [-0.39, 0.29) is 5.91 Å². The van der Waals surface area contributed by atoms with Crippen LogP contribution < -0.4 is 10.6 Å². The molecule has 0 aliphatic heterocycles. The van der Waals surface area contributed by atoms with E-state index in [0.29, 0.717) is 24.7 Å². The molecule has 0 aliphatic carbocycles. The number of carbonyl (C=O) groups excluding carboxylic acids is 1. The second kappa shape index (κ2) is 9.11. The molecule has 152 valence electrons. The number of aromatic amines is 1. The highest BCUT2D eigenvalue weighted by Crippen LogP contribution is 2.34. The average molecular weight is 419 g/mol. The van der Waals surface area contributed by atoms with Gasteiger partial charge in [0.1, 0.15) is 11.3 Å². The van der Waals surface area contributed by atoms with Gasteiger partial charge in [0.05, 0.1) is 10.5 Å². The summed E-state index contributed by atoms with van der Waals surface area (Å²) in [7, 11) is 0. The number of aromatic nitrogens is 2. The van der Waals surface area contributed by atoms with Gasteiger partial charge in [-0.1, -0.05) is 66.2 Å². The number of imidazole rings is 1. The molecule has 0 radical (unpaired) electrons. The van der Waals surface area contributed by atoms with E-state index in [9.17, 15) is 4.79 Å². The lowest BCUT2D eigenvalue weighted by Gasteiger charge is -2.06. The molecule has 0 saturated heterocycles. The lowest BCUT2D eigenvalue weighted by atomic mass is 10.1. The topological polar surface area (TPSA) is 69.8 Å². The maximum Gasteiger partial charge on any atom is 0.216 e. The van der Waals surface area contributed by atoms with Gasteiger partial charge >= 0.3 is 0 Å². The minimum Gasteiger partial charge on any atom is -0.355 e. The lowest BCUT2D eigenvalue weighted by Crippen LogP contribution is -2.29. The number of carbonyl (C=O) groups is 1. The highest BCUT2D eigenvalue weighted by atomic mass is 35.5. The number of nitrogens with one attached hydrogen (secondary N) is 3. The number of amides is 1. The summed E-state index contributed by atoms with van der Waals surface area (Å²) in [5.74, 6) is 0.773. The number of fused-ring (bicyclic) bond motifs is 1. The summed E-state index contributed by atoms with van der Waals surface area (Å²) in [6.45, 7) is 3.56. The Balaban J connectivity index is 1.55. The van der Waals surface area contributed by atoms with Gasteiger partial charge < -0.3 is 15.6 Å². The third-order valence-corrected chi connectivity index (χ3v) is 5.27. The third kappa shape index (κ3) is 4.53. The molecule has 0 saturated carbocycles. The highest BCUT2D eigenvalue weighted by molar-refractivity contribution is 6.37. The Bertz CT molecular complexity index is 1170. The fourth-order valence-corrected chi connectivity index (χ4v) is 3.72. The van der Waals surface area contributed by atoms with Crippen LogP contribution in [0.5, 0.6) is 0 Å². The summed E-state index contributed by atoms with van der Waals surface area (Å²) >= 11 is 6.71. The van der Waals surface area contributed by atoms with Gasteiger partial charge in [0.15, 0.2) is 0 Å². The van der Waals surface area contributed by atoms with Gasteiger partial charge in [-0.15, -0.1) is 0 Å². The van der Waals surface area contributed by atoms with Crippen LogP contribution in [0.1, 0.15) is 12.5 Å². The van der Waals surface area contributed by atoms with Crippen LogP contribution in [0.25, 0.3) is 33.5 Å². The van der Waals surface area contributed by atoms with Crippen LogP contribution in [0, 0.1) is 0 Å². The molecular weight excluding hydrogens is 396 g/mol. The number of nitrogens with zero attached hydrogens (tertiary/aromatic N) is 1. The van der Waals surface area contributed by atoms with Crippen molar-refractivity contribution >= 4 is 28.5 Å². The Labute approximate surface area is 180 Å². The second-order valence-electron chi connectivity index (χ2n) is 7.13.